The minimum absolute atomic E-state index is 0.197. The van der Waals surface area contributed by atoms with Gasteiger partial charge in [-0.2, -0.15) is 4.31 Å². The first kappa shape index (κ1) is 28.3. The summed E-state index contributed by atoms with van der Waals surface area (Å²) in [7, 11) is -1.67. The van der Waals surface area contributed by atoms with E-state index in [1.54, 1.807) is 24.3 Å². The van der Waals surface area contributed by atoms with E-state index in [2.05, 4.69) is 36.2 Å². The Kier molecular flexibility index (Phi) is 8.31. The van der Waals surface area contributed by atoms with Crippen molar-refractivity contribution in [2.75, 3.05) is 20.2 Å². The van der Waals surface area contributed by atoms with Crippen LogP contribution >= 0.6 is 0 Å². The normalized spacial score (nSPS) is 19.2. The summed E-state index contributed by atoms with van der Waals surface area (Å²) in [6.45, 7) is 8.43. The summed E-state index contributed by atoms with van der Waals surface area (Å²) in [5.74, 6) is -0.0521. The molecule has 40 heavy (non-hydrogen) atoms. The first-order chi connectivity index (χ1) is 19.2. The van der Waals surface area contributed by atoms with Crippen LogP contribution in [0.25, 0.3) is 0 Å². The lowest BCUT2D eigenvalue weighted by Crippen LogP contribution is -2.36. The van der Waals surface area contributed by atoms with E-state index >= 15 is 0 Å². The van der Waals surface area contributed by atoms with Gasteiger partial charge < -0.3 is 9.47 Å². The average Bonchev–Trinajstić information content (AvgIpc) is 3.26. The highest BCUT2D eigenvalue weighted by atomic mass is 32.2. The molecule has 8 heteroatoms. The van der Waals surface area contributed by atoms with Gasteiger partial charge in [0.15, 0.2) is 0 Å². The molecular weight excluding hydrogens is 524 g/mol. The maximum Gasteiger partial charge on any atom is 0.306 e. The first-order valence-electron chi connectivity index (χ1n) is 14.0. The van der Waals surface area contributed by atoms with Crippen LogP contribution in [0, 0.1) is 6.92 Å². The first-order valence-corrected chi connectivity index (χ1v) is 15.4. The van der Waals surface area contributed by atoms with Crippen molar-refractivity contribution >= 4 is 16.0 Å². The van der Waals surface area contributed by atoms with Crippen molar-refractivity contribution in [3.63, 3.8) is 0 Å². The molecule has 1 unspecified atom stereocenters. The minimum Gasteiger partial charge on any atom is -0.488 e. The smallest absolute Gasteiger partial charge is 0.306 e. The fourth-order valence-electron chi connectivity index (χ4n) is 5.69. The fraction of sp³-hybridized carbons (Fsp3) is 0.406. The van der Waals surface area contributed by atoms with Crippen molar-refractivity contribution < 1.29 is 22.7 Å². The van der Waals surface area contributed by atoms with E-state index in [-0.39, 0.29) is 42.4 Å². The van der Waals surface area contributed by atoms with Gasteiger partial charge in [0.1, 0.15) is 16.7 Å². The van der Waals surface area contributed by atoms with Gasteiger partial charge in [-0.05, 0) is 72.8 Å². The lowest BCUT2D eigenvalue weighted by Gasteiger charge is -2.25. The van der Waals surface area contributed by atoms with Gasteiger partial charge in [-0.15, -0.1) is 0 Å². The van der Waals surface area contributed by atoms with Crippen molar-refractivity contribution in [1.82, 2.24) is 9.21 Å². The Morgan fingerprint density at radius 1 is 1.02 bits per heavy atom. The molecule has 2 heterocycles. The van der Waals surface area contributed by atoms with Gasteiger partial charge in [-0.3, -0.25) is 9.69 Å². The number of esters is 1. The number of nitrogens with zero attached hydrogens (tertiary/aromatic N) is 2. The second kappa shape index (κ2) is 11.7. The molecule has 2 aliphatic rings. The zero-order valence-electron chi connectivity index (χ0n) is 23.7. The third-order valence-corrected chi connectivity index (χ3v) is 9.79. The van der Waals surface area contributed by atoms with E-state index in [0.29, 0.717) is 18.8 Å². The number of sulfonamides is 1. The van der Waals surface area contributed by atoms with Gasteiger partial charge in [-0.25, -0.2) is 8.42 Å². The summed E-state index contributed by atoms with van der Waals surface area (Å²) in [6.07, 6.45) is 0.656. The molecule has 0 amide bonds. The van der Waals surface area contributed by atoms with Crippen LogP contribution in [0.4, 0.5) is 0 Å². The van der Waals surface area contributed by atoms with Crippen molar-refractivity contribution in [1.29, 1.82) is 0 Å². The number of fused-ring (bicyclic) bond motifs is 2. The average molecular weight is 563 g/mol. The van der Waals surface area contributed by atoms with Crippen LogP contribution in [-0.4, -0.2) is 49.9 Å². The number of carbonyl (C=O) groups excluding carboxylic acids is 1. The summed E-state index contributed by atoms with van der Waals surface area (Å²) in [6, 6.07) is 19.5. The summed E-state index contributed by atoms with van der Waals surface area (Å²) in [5, 5.41) is 0. The zero-order chi connectivity index (χ0) is 28.4. The molecule has 5 rings (SSSR count). The summed E-state index contributed by atoms with van der Waals surface area (Å²) in [5.41, 5.74) is 6.52. The van der Waals surface area contributed by atoms with Crippen LogP contribution in [-0.2, 0) is 39.2 Å². The number of ether oxygens (including phenoxy) is 2. The highest BCUT2D eigenvalue weighted by Crippen LogP contribution is 2.35. The fourth-order valence-corrected chi connectivity index (χ4v) is 7.26. The number of benzene rings is 3. The number of hydrogen-bond donors (Lipinski definition) is 0. The van der Waals surface area contributed by atoms with Crippen LogP contribution in [0.15, 0.2) is 65.6 Å². The molecule has 7 nitrogen and oxygen atoms in total. The van der Waals surface area contributed by atoms with E-state index in [1.165, 1.54) is 15.4 Å². The van der Waals surface area contributed by atoms with Crippen LogP contribution in [0.5, 0.6) is 5.75 Å². The van der Waals surface area contributed by atoms with E-state index in [0.717, 1.165) is 35.3 Å². The van der Waals surface area contributed by atoms with Gasteiger partial charge >= 0.3 is 5.97 Å². The number of hydrogen-bond acceptors (Lipinski definition) is 6. The zero-order valence-corrected chi connectivity index (χ0v) is 24.5. The largest absolute Gasteiger partial charge is 0.488 e. The van der Waals surface area contributed by atoms with Gasteiger partial charge in [0, 0.05) is 25.6 Å². The van der Waals surface area contributed by atoms with Crippen LogP contribution in [0.2, 0.25) is 0 Å². The second-order valence-corrected chi connectivity index (χ2v) is 12.7. The third-order valence-electron chi connectivity index (χ3n) is 7.93. The Labute approximate surface area is 237 Å². The molecule has 212 valence electrons. The Bertz CT molecular complexity index is 1500. The Hall–Kier alpha value is -3.20. The Balaban J connectivity index is 1.51. The quantitative estimate of drug-likeness (QED) is 0.343. The van der Waals surface area contributed by atoms with Crippen LogP contribution in [0.1, 0.15) is 66.0 Å². The highest BCUT2D eigenvalue weighted by molar-refractivity contribution is 7.89. The predicted molar refractivity (Wildman–Crippen MR) is 155 cm³/mol. The molecule has 0 spiro atoms. The predicted octanol–water partition coefficient (Wildman–Crippen LogP) is 5.39. The standard InChI is InChI=1S/C32H38N2O5S/c1-5-28-21-34(40(36,37)31-10-8-7-9-30(31)39-28)20-26-15-23(12-11-22(26)3)29(17-32(35)38-6-2)24-13-14-25-18-33(4)19-27(25)16-24/h7-16,28-29H,5-6,17-21H2,1-4H3/t28-,29?/m1/s1. The lowest BCUT2D eigenvalue weighted by atomic mass is 9.85. The molecule has 0 aliphatic carbocycles. The Morgan fingerprint density at radius 3 is 2.52 bits per heavy atom. The van der Waals surface area contributed by atoms with Gasteiger partial charge in [0.25, 0.3) is 0 Å². The number of aryl methyl sites for hydroxylation is 1. The molecule has 0 N–H and O–H groups in total. The third kappa shape index (κ3) is 5.80. The molecule has 3 aromatic rings. The number of para-hydroxylation sites is 1. The van der Waals surface area contributed by atoms with Crippen LogP contribution < -0.4 is 4.74 Å². The van der Waals surface area contributed by atoms with Crippen molar-refractivity contribution in [3.8, 4) is 5.75 Å². The molecule has 0 saturated carbocycles. The second-order valence-electron chi connectivity index (χ2n) is 10.8. The number of rotatable bonds is 8. The molecule has 0 saturated heterocycles. The number of carbonyl (C=O) groups is 1. The van der Waals surface area contributed by atoms with E-state index in [1.807, 2.05) is 32.9 Å². The summed E-state index contributed by atoms with van der Waals surface area (Å²) < 4.78 is 40.5. The van der Waals surface area contributed by atoms with Gasteiger partial charge in [-0.1, -0.05) is 55.5 Å². The van der Waals surface area contributed by atoms with E-state index in [9.17, 15) is 13.2 Å². The summed E-state index contributed by atoms with van der Waals surface area (Å²) >= 11 is 0. The topological polar surface area (TPSA) is 76.1 Å². The molecule has 0 bridgehead atoms. The maximum absolute atomic E-state index is 13.8. The minimum atomic E-state index is -3.77. The summed E-state index contributed by atoms with van der Waals surface area (Å²) in [4.78, 5) is 15.2. The molecule has 2 aliphatic heterocycles. The van der Waals surface area contributed by atoms with Crippen molar-refractivity contribution in [2.45, 2.75) is 70.2 Å². The van der Waals surface area contributed by atoms with E-state index < -0.39 is 10.0 Å². The van der Waals surface area contributed by atoms with Gasteiger partial charge in [0.2, 0.25) is 10.0 Å². The van der Waals surface area contributed by atoms with Gasteiger partial charge in [0.05, 0.1) is 19.6 Å². The van der Waals surface area contributed by atoms with Crippen molar-refractivity contribution in [3.05, 3.63) is 94.0 Å². The van der Waals surface area contributed by atoms with Crippen LogP contribution in [0.3, 0.4) is 0 Å². The highest BCUT2D eigenvalue weighted by Gasteiger charge is 2.34. The molecule has 0 fully saturated rings. The Morgan fingerprint density at radius 2 is 1.75 bits per heavy atom. The SMILES string of the molecule is CCOC(=O)CC(c1ccc(C)c(CN2C[C@@H](CC)Oc3ccccc3S2(=O)=O)c1)c1ccc2c(c1)CN(C)C2. The maximum atomic E-state index is 13.8. The monoisotopic (exact) mass is 562 g/mol. The lowest BCUT2D eigenvalue weighted by molar-refractivity contribution is -0.143. The van der Waals surface area contributed by atoms with Crippen molar-refractivity contribution in [2.24, 2.45) is 0 Å². The van der Waals surface area contributed by atoms with E-state index in [4.69, 9.17) is 9.47 Å². The molecule has 0 radical (unpaired) electrons. The molecule has 0 aromatic heterocycles. The molecule has 3 aromatic carbocycles. The molecule has 2 atom stereocenters. The molecular formula is C32H38N2O5S.